The van der Waals surface area contributed by atoms with E-state index in [0.717, 1.165) is 12.8 Å². The van der Waals surface area contributed by atoms with Crippen molar-refractivity contribution >= 4 is 11.3 Å². The molecule has 1 fully saturated rings. The van der Waals surface area contributed by atoms with Gasteiger partial charge in [0.25, 0.3) is 0 Å². The Bertz CT molecular complexity index is 358. The Morgan fingerprint density at radius 2 is 2.27 bits per heavy atom. The highest BCUT2D eigenvalue weighted by atomic mass is 32.1. The second-order valence-electron chi connectivity index (χ2n) is 5.00. The average Bonchev–Trinajstić information content (AvgIpc) is 2.76. The van der Waals surface area contributed by atoms with Crippen molar-refractivity contribution < 1.29 is 5.11 Å². The highest BCUT2D eigenvalue weighted by Crippen LogP contribution is 2.56. The predicted octanol–water partition coefficient (Wildman–Crippen LogP) is 3.24. The van der Waals surface area contributed by atoms with E-state index in [-0.39, 0.29) is 0 Å². The van der Waals surface area contributed by atoms with Crippen molar-refractivity contribution in [2.75, 3.05) is 0 Å². The quantitative estimate of drug-likeness (QED) is 0.814. The summed E-state index contributed by atoms with van der Waals surface area (Å²) in [5, 5.41) is 10.4. The molecule has 15 heavy (non-hydrogen) atoms. The lowest BCUT2D eigenvalue weighted by molar-refractivity contribution is 0.134. The summed E-state index contributed by atoms with van der Waals surface area (Å²) >= 11 is 1.87. The maximum absolute atomic E-state index is 10.4. The maximum atomic E-state index is 10.4. The predicted molar refractivity (Wildman–Crippen MR) is 63.3 cm³/mol. The van der Waals surface area contributed by atoms with Crippen LogP contribution < -0.4 is 0 Å². The molecule has 2 aliphatic rings. The standard InChI is InChI=1S/C13H18OS/c1-2-10-8-13(10,14)12-7-9-5-3-4-6-11(9)15-12/h7,10,14H,2-6,8H2,1H3. The zero-order valence-electron chi connectivity index (χ0n) is 9.25. The smallest absolute Gasteiger partial charge is 0.102 e. The minimum atomic E-state index is -0.434. The van der Waals surface area contributed by atoms with Gasteiger partial charge in [0.2, 0.25) is 0 Å². The molecule has 2 unspecified atom stereocenters. The molecular weight excluding hydrogens is 204 g/mol. The molecule has 2 aliphatic carbocycles. The normalized spacial score (nSPS) is 33.9. The molecule has 0 radical (unpaired) electrons. The number of hydrogen-bond donors (Lipinski definition) is 1. The van der Waals surface area contributed by atoms with Gasteiger partial charge in [-0.25, -0.2) is 0 Å². The highest BCUT2D eigenvalue weighted by Gasteiger charge is 2.54. The molecule has 0 aromatic carbocycles. The van der Waals surface area contributed by atoms with Gasteiger partial charge in [0, 0.05) is 9.75 Å². The van der Waals surface area contributed by atoms with E-state index in [1.807, 2.05) is 11.3 Å². The Morgan fingerprint density at radius 3 is 2.93 bits per heavy atom. The summed E-state index contributed by atoms with van der Waals surface area (Å²) in [5.74, 6) is 0.526. The monoisotopic (exact) mass is 222 g/mol. The van der Waals surface area contributed by atoms with Crippen molar-refractivity contribution in [2.24, 2.45) is 5.92 Å². The van der Waals surface area contributed by atoms with Crippen LogP contribution in [0.15, 0.2) is 6.07 Å². The molecule has 0 spiro atoms. The Hall–Kier alpha value is -0.340. The van der Waals surface area contributed by atoms with Crippen molar-refractivity contribution in [1.82, 2.24) is 0 Å². The third kappa shape index (κ3) is 1.46. The van der Waals surface area contributed by atoms with Gasteiger partial charge in [-0.05, 0) is 49.7 Å². The number of aryl methyl sites for hydroxylation is 2. The zero-order chi connectivity index (χ0) is 10.5. The van der Waals surface area contributed by atoms with Crippen LogP contribution in [0.5, 0.6) is 0 Å². The van der Waals surface area contributed by atoms with E-state index < -0.39 is 5.60 Å². The molecule has 0 aliphatic heterocycles. The van der Waals surface area contributed by atoms with Gasteiger partial charge < -0.3 is 5.11 Å². The number of thiophene rings is 1. The van der Waals surface area contributed by atoms with Gasteiger partial charge in [-0.3, -0.25) is 0 Å². The molecule has 2 heteroatoms. The van der Waals surface area contributed by atoms with Gasteiger partial charge in [0.15, 0.2) is 0 Å². The van der Waals surface area contributed by atoms with Gasteiger partial charge >= 0.3 is 0 Å². The second-order valence-corrected chi connectivity index (χ2v) is 6.14. The summed E-state index contributed by atoms with van der Waals surface area (Å²) < 4.78 is 0. The highest BCUT2D eigenvalue weighted by molar-refractivity contribution is 7.12. The van der Waals surface area contributed by atoms with E-state index in [1.54, 1.807) is 4.88 Å². The van der Waals surface area contributed by atoms with Crippen molar-refractivity contribution in [2.45, 2.75) is 51.0 Å². The number of aliphatic hydroxyl groups is 1. The third-order valence-corrected chi connectivity index (χ3v) is 5.39. The summed E-state index contributed by atoms with van der Waals surface area (Å²) in [6.07, 6.45) is 7.24. The third-order valence-electron chi connectivity index (χ3n) is 3.99. The molecule has 3 rings (SSSR count). The first-order chi connectivity index (χ1) is 7.24. The first kappa shape index (κ1) is 9.86. The largest absolute Gasteiger partial charge is 0.384 e. The van der Waals surface area contributed by atoms with E-state index in [0.29, 0.717) is 5.92 Å². The minimum absolute atomic E-state index is 0.434. The lowest BCUT2D eigenvalue weighted by Gasteiger charge is -2.08. The maximum Gasteiger partial charge on any atom is 0.102 e. The van der Waals surface area contributed by atoms with Crippen LogP contribution in [0, 0.1) is 5.92 Å². The Labute approximate surface area is 95.1 Å². The van der Waals surface area contributed by atoms with Crippen LogP contribution in [0.4, 0.5) is 0 Å². The Morgan fingerprint density at radius 1 is 1.47 bits per heavy atom. The topological polar surface area (TPSA) is 20.2 Å². The second kappa shape index (κ2) is 3.33. The number of rotatable bonds is 2. The van der Waals surface area contributed by atoms with Crippen LogP contribution in [0.1, 0.15) is 47.9 Å². The fourth-order valence-corrected chi connectivity index (χ4v) is 4.24. The molecule has 1 saturated carbocycles. The molecule has 1 aromatic heterocycles. The van der Waals surface area contributed by atoms with Gasteiger partial charge in [-0.1, -0.05) is 13.3 Å². The Kier molecular flexibility index (Phi) is 2.18. The number of hydrogen-bond acceptors (Lipinski definition) is 2. The Balaban J connectivity index is 1.90. The molecule has 1 aromatic rings. The molecule has 82 valence electrons. The van der Waals surface area contributed by atoms with Crippen LogP contribution in [0.3, 0.4) is 0 Å². The fraction of sp³-hybridized carbons (Fsp3) is 0.692. The molecule has 0 saturated heterocycles. The van der Waals surface area contributed by atoms with Crippen LogP contribution in [-0.2, 0) is 18.4 Å². The van der Waals surface area contributed by atoms with Gasteiger partial charge in [-0.15, -0.1) is 11.3 Å². The molecule has 2 atom stereocenters. The molecular formula is C13H18OS. The first-order valence-corrected chi connectivity index (χ1v) is 6.90. The molecule has 1 N–H and O–H groups in total. The van der Waals surface area contributed by atoms with Gasteiger partial charge in [-0.2, -0.15) is 0 Å². The van der Waals surface area contributed by atoms with E-state index in [1.165, 1.54) is 36.1 Å². The summed E-state index contributed by atoms with van der Waals surface area (Å²) in [7, 11) is 0. The lowest BCUT2D eigenvalue weighted by atomic mass is 9.98. The zero-order valence-corrected chi connectivity index (χ0v) is 10.1. The van der Waals surface area contributed by atoms with Gasteiger partial charge in [0.05, 0.1) is 0 Å². The molecule has 1 heterocycles. The summed E-state index contributed by atoms with van der Waals surface area (Å²) in [5.41, 5.74) is 1.09. The molecule has 0 bridgehead atoms. The molecule has 1 nitrogen and oxygen atoms in total. The van der Waals surface area contributed by atoms with E-state index in [2.05, 4.69) is 13.0 Å². The molecule has 0 amide bonds. The van der Waals surface area contributed by atoms with Crippen molar-refractivity contribution in [3.05, 3.63) is 21.4 Å². The van der Waals surface area contributed by atoms with Crippen LogP contribution in [0.25, 0.3) is 0 Å². The van der Waals surface area contributed by atoms with E-state index >= 15 is 0 Å². The van der Waals surface area contributed by atoms with Crippen molar-refractivity contribution in [1.29, 1.82) is 0 Å². The van der Waals surface area contributed by atoms with Crippen LogP contribution >= 0.6 is 11.3 Å². The van der Waals surface area contributed by atoms with Crippen molar-refractivity contribution in [3.63, 3.8) is 0 Å². The average molecular weight is 222 g/mol. The first-order valence-electron chi connectivity index (χ1n) is 6.08. The fourth-order valence-electron chi connectivity index (χ4n) is 2.80. The van der Waals surface area contributed by atoms with E-state index in [4.69, 9.17) is 0 Å². The summed E-state index contributed by atoms with van der Waals surface area (Å²) in [6.45, 7) is 2.18. The van der Waals surface area contributed by atoms with Crippen LogP contribution in [-0.4, -0.2) is 5.11 Å². The van der Waals surface area contributed by atoms with E-state index in [9.17, 15) is 5.11 Å². The lowest BCUT2D eigenvalue weighted by Crippen LogP contribution is -2.05. The van der Waals surface area contributed by atoms with Crippen molar-refractivity contribution in [3.8, 4) is 0 Å². The number of fused-ring (bicyclic) bond motifs is 1. The SMILES string of the molecule is CCC1CC1(O)c1cc2c(s1)CCCC2. The summed E-state index contributed by atoms with van der Waals surface area (Å²) in [6, 6.07) is 2.29. The van der Waals surface area contributed by atoms with Crippen LogP contribution in [0.2, 0.25) is 0 Å². The van der Waals surface area contributed by atoms with Gasteiger partial charge in [0.1, 0.15) is 5.60 Å². The minimum Gasteiger partial charge on any atom is -0.384 e. The summed E-state index contributed by atoms with van der Waals surface area (Å²) in [4.78, 5) is 2.80.